The number of hydrogen-bond donors (Lipinski definition) is 2. The Morgan fingerprint density at radius 1 is 1.06 bits per heavy atom. The number of aliphatic carboxylic acids is 1. The summed E-state index contributed by atoms with van der Waals surface area (Å²) in [4.78, 5) is 48.4. The number of benzene rings is 2. The van der Waals surface area contributed by atoms with Crippen LogP contribution in [0.15, 0.2) is 52.1 Å². The normalized spacial score (nSPS) is 11.5. The number of H-pyrrole nitrogens is 1. The molecular formula is C24H25N5O4. The van der Waals surface area contributed by atoms with E-state index in [1.54, 1.807) is 0 Å². The van der Waals surface area contributed by atoms with Crippen LogP contribution in [0.3, 0.4) is 0 Å². The van der Waals surface area contributed by atoms with E-state index in [2.05, 4.69) is 15.0 Å². The number of aryl methyl sites for hydroxylation is 2. The van der Waals surface area contributed by atoms with Gasteiger partial charge in [0.25, 0.3) is 5.56 Å². The SMILES string of the molecule is Cc1cc2nc3c(=O)[nH]c(=O)nc-3n(CCN(CCC(=O)O)Cc3ccccc3)c2cc1C. The van der Waals surface area contributed by atoms with Crippen LogP contribution in [0.25, 0.3) is 22.6 Å². The number of carboxylic acids is 1. The molecule has 0 unspecified atom stereocenters. The third kappa shape index (κ3) is 4.98. The molecule has 170 valence electrons. The monoisotopic (exact) mass is 447 g/mol. The minimum absolute atomic E-state index is 0.0102. The van der Waals surface area contributed by atoms with E-state index < -0.39 is 17.2 Å². The number of fused-ring (bicyclic) bond motifs is 2. The van der Waals surface area contributed by atoms with Crippen molar-refractivity contribution in [3.8, 4) is 11.5 Å². The Morgan fingerprint density at radius 3 is 2.52 bits per heavy atom. The maximum absolute atomic E-state index is 12.5. The van der Waals surface area contributed by atoms with Crippen molar-refractivity contribution in [1.82, 2.24) is 24.4 Å². The van der Waals surface area contributed by atoms with Gasteiger partial charge in [0.2, 0.25) is 0 Å². The zero-order valence-electron chi connectivity index (χ0n) is 18.5. The van der Waals surface area contributed by atoms with Crippen LogP contribution in [0.5, 0.6) is 0 Å². The van der Waals surface area contributed by atoms with Crippen LogP contribution in [-0.2, 0) is 17.9 Å². The summed E-state index contributed by atoms with van der Waals surface area (Å²) in [5.41, 5.74) is 3.36. The molecule has 0 atom stereocenters. The molecule has 9 heteroatoms. The van der Waals surface area contributed by atoms with Crippen LogP contribution >= 0.6 is 0 Å². The molecule has 0 spiro atoms. The predicted octanol–water partition coefficient (Wildman–Crippen LogP) is 2.18. The number of carbonyl (C=O) groups is 1. The van der Waals surface area contributed by atoms with Gasteiger partial charge in [-0.3, -0.25) is 19.5 Å². The summed E-state index contributed by atoms with van der Waals surface area (Å²) in [5.74, 6) is -0.645. The quantitative estimate of drug-likeness (QED) is 0.397. The standard InChI is InChI=1S/C24H25N5O4/c1-15-12-18-19(13-16(15)2)29(22-21(25-18)23(32)27-24(33)26-22)11-10-28(9-8-20(30)31)14-17-6-4-3-5-7-17/h3-7,12-13H,8-11,14H2,1-2H3,(H,30,31)(H,27,32,33). The highest BCUT2D eigenvalue weighted by Gasteiger charge is 2.20. The fourth-order valence-electron chi connectivity index (χ4n) is 3.88. The number of hydrogen-bond acceptors (Lipinski definition) is 6. The van der Waals surface area contributed by atoms with Crippen LogP contribution < -0.4 is 11.2 Å². The van der Waals surface area contributed by atoms with E-state index in [4.69, 9.17) is 0 Å². The number of carboxylic acid groups (broad SMARTS) is 1. The van der Waals surface area contributed by atoms with Gasteiger partial charge in [-0.15, -0.1) is 0 Å². The molecule has 9 nitrogen and oxygen atoms in total. The van der Waals surface area contributed by atoms with E-state index in [0.717, 1.165) is 22.2 Å². The van der Waals surface area contributed by atoms with E-state index in [1.165, 1.54) is 0 Å². The topological polar surface area (TPSA) is 121 Å². The average Bonchev–Trinajstić information content (AvgIpc) is 2.77. The lowest BCUT2D eigenvalue weighted by molar-refractivity contribution is -0.137. The smallest absolute Gasteiger partial charge is 0.349 e. The van der Waals surface area contributed by atoms with E-state index in [0.29, 0.717) is 31.7 Å². The molecule has 2 N–H and O–H groups in total. The van der Waals surface area contributed by atoms with Crippen LogP contribution in [0.1, 0.15) is 23.1 Å². The first-order chi connectivity index (χ1) is 15.8. The Bertz CT molecular complexity index is 1390. The highest BCUT2D eigenvalue weighted by Crippen LogP contribution is 2.24. The Kier molecular flexibility index (Phi) is 6.32. The number of rotatable bonds is 8. The van der Waals surface area contributed by atoms with Crippen molar-refractivity contribution < 1.29 is 9.90 Å². The fourth-order valence-corrected chi connectivity index (χ4v) is 3.88. The highest BCUT2D eigenvalue weighted by molar-refractivity contribution is 5.81. The molecule has 33 heavy (non-hydrogen) atoms. The average molecular weight is 447 g/mol. The van der Waals surface area contributed by atoms with Crippen molar-refractivity contribution >= 4 is 17.0 Å². The number of aromatic nitrogens is 4. The summed E-state index contributed by atoms with van der Waals surface area (Å²) in [6.07, 6.45) is 0.0102. The second-order valence-electron chi connectivity index (χ2n) is 8.14. The molecule has 0 bridgehead atoms. The fraction of sp³-hybridized carbons (Fsp3) is 0.292. The minimum atomic E-state index is -0.865. The first kappa shape index (κ1) is 22.3. The van der Waals surface area contributed by atoms with Gasteiger partial charge in [-0.1, -0.05) is 30.3 Å². The molecule has 0 aromatic heterocycles. The predicted molar refractivity (Wildman–Crippen MR) is 124 cm³/mol. The van der Waals surface area contributed by atoms with Crippen molar-refractivity contribution in [1.29, 1.82) is 0 Å². The van der Waals surface area contributed by atoms with Gasteiger partial charge in [0.05, 0.1) is 17.5 Å². The van der Waals surface area contributed by atoms with Crippen molar-refractivity contribution in [2.45, 2.75) is 33.4 Å². The molecule has 2 aliphatic rings. The van der Waals surface area contributed by atoms with Gasteiger partial charge in [-0.2, -0.15) is 4.98 Å². The summed E-state index contributed by atoms with van der Waals surface area (Å²) in [6, 6.07) is 13.7. The summed E-state index contributed by atoms with van der Waals surface area (Å²) >= 11 is 0. The maximum Gasteiger partial charge on any atom is 0.349 e. The zero-order chi connectivity index (χ0) is 23.5. The molecular weight excluding hydrogens is 422 g/mol. The van der Waals surface area contributed by atoms with E-state index in [-0.39, 0.29) is 17.9 Å². The van der Waals surface area contributed by atoms with Gasteiger partial charge in [0.15, 0.2) is 11.5 Å². The molecule has 2 heterocycles. The summed E-state index contributed by atoms with van der Waals surface area (Å²) in [7, 11) is 0. The molecule has 2 aliphatic heterocycles. The van der Waals surface area contributed by atoms with E-state index in [1.807, 2.05) is 65.8 Å². The summed E-state index contributed by atoms with van der Waals surface area (Å²) < 4.78 is 1.83. The third-order valence-corrected chi connectivity index (χ3v) is 5.76. The minimum Gasteiger partial charge on any atom is -0.481 e. The molecule has 0 aliphatic carbocycles. The van der Waals surface area contributed by atoms with Crippen LogP contribution in [0.2, 0.25) is 0 Å². The number of nitrogens with zero attached hydrogens (tertiary/aromatic N) is 4. The van der Waals surface area contributed by atoms with Crippen molar-refractivity contribution in [2.24, 2.45) is 0 Å². The molecule has 0 fully saturated rings. The Labute approximate surface area is 189 Å². The first-order valence-corrected chi connectivity index (χ1v) is 10.7. The third-order valence-electron chi connectivity index (χ3n) is 5.76. The molecule has 0 saturated heterocycles. The molecule has 0 amide bonds. The van der Waals surface area contributed by atoms with Crippen molar-refractivity contribution in [3.05, 3.63) is 80.0 Å². The van der Waals surface area contributed by atoms with Gasteiger partial charge >= 0.3 is 11.7 Å². The van der Waals surface area contributed by atoms with E-state index in [9.17, 15) is 19.5 Å². The van der Waals surface area contributed by atoms with Gasteiger partial charge < -0.3 is 9.67 Å². The lowest BCUT2D eigenvalue weighted by Gasteiger charge is -2.24. The lowest BCUT2D eigenvalue weighted by Crippen LogP contribution is -2.32. The number of nitrogens with one attached hydrogen (secondary N) is 1. The molecule has 0 saturated carbocycles. The molecule has 2 aromatic rings. The second-order valence-corrected chi connectivity index (χ2v) is 8.14. The second kappa shape index (κ2) is 9.33. The van der Waals surface area contributed by atoms with Crippen LogP contribution in [0, 0.1) is 13.8 Å². The highest BCUT2D eigenvalue weighted by atomic mass is 16.4. The largest absolute Gasteiger partial charge is 0.481 e. The van der Waals surface area contributed by atoms with Crippen LogP contribution in [-0.4, -0.2) is 48.6 Å². The number of aromatic amines is 1. The molecule has 0 radical (unpaired) electrons. The van der Waals surface area contributed by atoms with E-state index >= 15 is 0 Å². The Morgan fingerprint density at radius 2 is 1.79 bits per heavy atom. The maximum atomic E-state index is 12.5. The van der Waals surface area contributed by atoms with Crippen molar-refractivity contribution in [3.63, 3.8) is 0 Å². The zero-order valence-corrected chi connectivity index (χ0v) is 18.5. The lowest BCUT2D eigenvalue weighted by atomic mass is 10.1. The van der Waals surface area contributed by atoms with Gasteiger partial charge in [0.1, 0.15) is 0 Å². The van der Waals surface area contributed by atoms with Crippen molar-refractivity contribution in [2.75, 3.05) is 13.1 Å². The molecule has 4 rings (SSSR count). The van der Waals surface area contributed by atoms with Gasteiger partial charge in [-0.05, 0) is 42.7 Å². The van der Waals surface area contributed by atoms with Crippen LogP contribution in [0.4, 0.5) is 0 Å². The Balaban J connectivity index is 1.75. The summed E-state index contributed by atoms with van der Waals surface area (Å²) in [6.45, 7) is 5.81. The van der Waals surface area contributed by atoms with Gasteiger partial charge in [-0.25, -0.2) is 9.78 Å². The molecule has 2 aromatic carbocycles. The summed E-state index contributed by atoms with van der Waals surface area (Å²) in [5, 5.41) is 9.19. The van der Waals surface area contributed by atoms with Gasteiger partial charge in [0, 0.05) is 26.2 Å². The Hall–Kier alpha value is -3.85. The first-order valence-electron chi connectivity index (χ1n) is 10.7.